The van der Waals surface area contributed by atoms with Crippen molar-refractivity contribution < 1.29 is 5.11 Å². The Morgan fingerprint density at radius 1 is 1.64 bits per heavy atom. The fourth-order valence-electron chi connectivity index (χ4n) is 2.19. The van der Waals surface area contributed by atoms with Crippen molar-refractivity contribution in [2.75, 3.05) is 0 Å². The smallest absolute Gasteiger partial charge is 0.0794 e. The maximum atomic E-state index is 10.2. The monoisotopic (exact) mass is 211 g/mol. The molecule has 2 nitrogen and oxygen atoms in total. The molecule has 1 aromatic heterocycles. The van der Waals surface area contributed by atoms with Gasteiger partial charge >= 0.3 is 0 Å². The van der Waals surface area contributed by atoms with E-state index in [9.17, 15) is 5.11 Å². The lowest BCUT2D eigenvalue weighted by molar-refractivity contribution is -0.0855. The summed E-state index contributed by atoms with van der Waals surface area (Å²) in [6, 6.07) is 0. The number of aliphatic hydroxyl groups is 1. The third-order valence-corrected chi connectivity index (χ3v) is 3.99. The van der Waals surface area contributed by atoms with E-state index in [2.05, 4.69) is 18.8 Å². The van der Waals surface area contributed by atoms with Gasteiger partial charge in [-0.2, -0.15) is 0 Å². The van der Waals surface area contributed by atoms with E-state index >= 15 is 0 Å². The normalized spacial score (nSPS) is 31.9. The Kier molecular flexibility index (Phi) is 2.62. The minimum absolute atomic E-state index is 0.429. The summed E-state index contributed by atoms with van der Waals surface area (Å²) in [6.45, 7) is 4.47. The minimum atomic E-state index is -0.429. The van der Waals surface area contributed by atoms with Gasteiger partial charge in [-0.1, -0.05) is 13.8 Å². The second kappa shape index (κ2) is 3.63. The van der Waals surface area contributed by atoms with Crippen LogP contribution in [0.1, 0.15) is 31.6 Å². The van der Waals surface area contributed by atoms with Gasteiger partial charge in [0.15, 0.2) is 0 Å². The standard InChI is InChI=1S/C11H17NOS/c1-8(2)9-3-11(13,4-9)5-10-6-12-7-14-10/h6-9,13H,3-5H2,1-2H3. The van der Waals surface area contributed by atoms with Crippen LogP contribution in [0.25, 0.3) is 0 Å². The summed E-state index contributed by atoms with van der Waals surface area (Å²) >= 11 is 1.64. The van der Waals surface area contributed by atoms with Crippen molar-refractivity contribution in [1.29, 1.82) is 0 Å². The van der Waals surface area contributed by atoms with E-state index in [1.165, 1.54) is 4.88 Å². The number of hydrogen-bond acceptors (Lipinski definition) is 3. The predicted molar refractivity (Wildman–Crippen MR) is 58.3 cm³/mol. The Hall–Kier alpha value is -0.410. The summed E-state index contributed by atoms with van der Waals surface area (Å²) < 4.78 is 0. The number of thiazole rings is 1. The average molecular weight is 211 g/mol. The highest BCUT2D eigenvalue weighted by molar-refractivity contribution is 7.09. The maximum absolute atomic E-state index is 10.2. The molecule has 1 saturated carbocycles. The summed E-state index contributed by atoms with van der Waals surface area (Å²) in [5.74, 6) is 1.42. The fraction of sp³-hybridized carbons (Fsp3) is 0.727. The van der Waals surface area contributed by atoms with Crippen LogP contribution < -0.4 is 0 Å². The van der Waals surface area contributed by atoms with Crippen LogP contribution in [0.3, 0.4) is 0 Å². The summed E-state index contributed by atoms with van der Waals surface area (Å²) in [5, 5.41) is 10.2. The first-order valence-electron chi connectivity index (χ1n) is 5.19. The molecule has 0 aromatic carbocycles. The Labute approximate surface area is 89.0 Å². The van der Waals surface area contributed by atoms with Crippen LogP contribution in [-0.4, -0.2) is 15.7 Å². The van der Waals surface area contributed by atoms with Gasteiger partial charge in [-0.25, -0.2) is 0 Å². The lowest BCUT2D eigenvalue weighted by atomic mass is 9.65. The second-order valence-corrected chi connectivity index (χ2v) is 5.75. The molecule has 1 aliphatic carbocycles. The third kappa shape index (κ3) is 1.98. The number of rotatable bonds is 3. The molecule has 14 heavy (non-hydrogen) atoms. The van der Waals surface area contributed by atoms with E-state index in [0.29, 0.717) is 11.8 Å². The lowest BCUT2D eigenvalue weighted by Crippen LogP contribution is -2.47. The molecule has 1 fully saturated rings. The number of nitrogens with zero attached hydrogens (tertiary/aromatic N) is 1. The quantitative estimate of drug-likeness (QED) is 0.833. The average Bonchev–Trinajstić information content (AvgIpc) is 2.51. The van der Waals surface area contributed by atoms with Crippen molar-refractivity contribution in [3.8, 4) is 0 Å². The van der Waals surface area contributed by atoms with E-state index < -0.39 is 5.60 Å². The highest BCUT2D eigenvalue weighted by Gasteiger charge is 2.43. The lowest BCUT2D eigenvalue weighted by Gasteiger charge is -2.45. The zero-order chi connectivity index (χ0) is 10.2. The number of aromatic nitrogens is 1. The molecule has 1 N–H and O–H groups in total. The van der Waals surface area contributed by atoms with Crippen LogP contribution in [0.15, 0.2) is 11.7 Å². The van der Waals surface area contributed by atoms with Crippen molar-refractivity contribution in [2.45, 2.75) is 38.7 Å². The van der Waals surface area contributed by atoms with Crippen LogP contribution in [0.2, 0.25) is 0 Å². The molecule has 0 saturated heterocycles. The molecule has 1 heterocycles. The van der Waals surface area contributed by atoms with Crippen molar-refractivity contribution in [3.63, 3.8) is 0 Å². The zero-order valence-electron chi connectivity index (χ0n) is 8.73. The third-order valence-electron chi connectivity index (χ3n) is 3.21. The van der Waals surface area contributed by atoms with Gasteiger partial charge in [-0.3, -0.25) is 4.98 Å². The molecular weight excluding hydrogens is 194 g/mol. The van der Waals surface area contributed by atoms with Crippen molar-refractivity contribution in [2.24, 2.45) is 11.8 Å². The molecule has 1 aliphatic rings. The maximum Gasteiger partial charge on any atom is 0.0794 e. The highest BCUT2D eigenvalue weighted by Crippen LogP contribution is 2.44. The first kappa shape index (κ1) is 10.1. The van der Waals surface area contributed by atoms with Gasteiger partial charge in [-0.15, -0.1) is 11.3 Å². The van der Waals surface area contributed by atoms with Crippen LogP contribution in [0.5, 0.6) is 0 Å². The summed E-state index contributed by atoms with van der Waals surface area (Å²) in [4.78, 5) is 5.23. The Bertz CT molecular complexity index is 288. The first-order valence-corrected chi connectivity index (χ1v) is 6.07. The Balaban J connectivity index is 1.89. The van der Waals surface area contributed by atoms with Gasteiger partial charge in [0, 0.05) is 17.5 Å². The van der Waals surface area contributed by atoms with Gasteiger partial charge in [0.05, 0.1) is 11.1 Å². The molecule has 0 atom stereocenters. The first-order chi connectivity index (χ1) is 6.59. The van der Waals surface area contributed by atoms with Gasteiger partial charge in [0.1, 0.15) is 0 Å². The summed E-state index contributed by atoms with van der Waals surface area (Å²) in [6.07, 6.45) is 4.58. The van der Waals surface area contributed by atoms with Gasteiger partial charge in [0.25, 0.3) is 0 Å². The Morgan fingerprint density at radius 2 is 2.36 bits per heavy atom. The topological polar surface area (TPSA) is 33.1 Å². The van der Waals surface area contributed by atoms with Crippen LogP contribution in [0.4, 0.5) is 0 Å². The summed E-state index contributed by atoms with van der Waals surface area (Å²) in [5.41, 5.74) is 1.40. The van der Waals surface area contributed by atoms with Crippen molar-refractivity contribution in [3.05, 3.63) is 16.6 Å². The predicted octanol–water partition coefficient (Wildman–Crippen LogP) is 2.48. The molecule has 0 aliphatic heterocycles. The molecule has 0 bridgehead atoms. The van der Waals surface area contributed by atoms with E-state index in [1.54, 1.807) is 11.3 Å². The SMILES string of the molecule is CC(C)C1CC(O)(Cc2cncs2)C1. The van der Waals surface area contributed by atoms with E-state index in [1.807, 2.05) is 11.7 Å². The van der Waals surface area contributed by atoms with Gasteiger partial charge < -0.3 is 5.11 Å². The molecule has 3 heteroatoms. The van der Waals surface area contributed by atoms with Gasteiger partial charge in [-0.05, 0) is 24.7 Å². The second-order valence-electron chi connectivity index (χ2n) is 4.78. The molecule has 0 radical (unpaired) electrons. The van der Waals surface area contributed by atoms with Crippen molar-refractivity contribution >= 4 is 11.3 Å². The fourth-order valence-corrected chi connectivity index (χ4v) is 2.92. The molecule has 2 rings (SSSR count). The minimum Gasteiger partial charge on any atom is -0.389 e. The molecule has 0 amide bonds. The largest absolute Gasteiger partial charge is 0.389 e. The van der Waals surface area contributed by atoms with Crippen LogP contribution >= 0.6 is 11.3 Å². The van der Waals surface area contributed by atoms with Crippen LogP contribution in [-0.2, 0) is 6.42 Å². The molecular formula is C11H17NOS. The van der Waals surface area contributed by atoms with Crippen molar-refractivity contribution in [1.82, 2.24) is 4.98 Å². The molecule has 1 aromatic rings. The number of hydrogen-bond donors (Lipinski definition) is 1. The molecule has 0 spiro atoms. The van der Waals surface area contributed by atoms with E-state index in [4.69, 9.17) is 0 Å². The highest BCUT2D eigenvalue weighted by atomic mass is 32.1. The van der Waals surface area contributed by atoms with E-state index in [-0.39, 0.29) is 0 Å². The Morgan fingerprint density at radius 3 is 2.86 bits per heavy atom. The van der Waals surface area contributed by atoms with E-state index in [0.717, 1.165) is 19.3 Å². The van der Waals surface area contributed by atoms with Crippen LogP contribution in [0, 0.1) is 11.8 Å². The van der Waals surface area contributed by atoms with Gasteiger partial charge in [0.2, 0.25) is 0 Å². The molecule has 0 unspecified atom stereocenters. The summed E-state index contributed by atoms with van der Waals surface area (Å²) in [7, 11) is 0. The zero-order valence-corrected chi connectivity index (χ0v) is 9.55. The molecule has 78 valence electrons.